The molecule has 0 spiro atoms. The Balaban J connectivity index is 1.44. The lowest BCUT2D eigenvalue weighted by Gasteiger charge is -2.29. The first-order chi connectivity index (χ1) is 18.5. The lowest BCUT2D eigenvalue weighted by Crippen LogP contribution is -2.54. The standard InChI is InChI=1S/C30H29N3O5/c34-26(31-18-20-9-3-1-4-10-20)19-33-24-14-8-7-13-22(24)17-23(21-11-5-2-6-12-21)28(30(33)37)32-29(36)25-15-16-27(35)38-25/h1-14,23,25,28H,15-19H2,(H,31,34)(H,32,36)/t23-,25-,28+/m0/s1. The van der Waals surface area contributed by atoms with Crippen molar-refractivity contribution in [3.8, 4) is 0 Å². The molecule has 5 rings (SSSR count). The van der Waals surface area contributed by atoms with Crippen LogP contribution in [0.3, 0.4) is 0 Å². The number of carbonyl (C=O) groups is 4. The first kappa shape index (κ1) is 25.2. The second kappa shape index (κ2) is 11.3. The molecule has 3 aromatic rings. The average Bonchev–Trinajstić information content (AvgIpc) is 3.35. The summed E-state index contributed by atoms with van der Waals surface area (Å²) in [5, 5.41) is 5.77. The van der Waals surface area contributed by atoms with E-state index >= 15 is 0 Å². The fraction of sp³-hybridized carbons (Fsp3) is 0.267. The number of carbonyl (C=O) groups excluding carboxylic acids is 4. The molecular weight excluding hydrogens is 482 g/mol. The Labute approximate surface area is 221 Å². The van der Waals surface area contributed by atoms with Crippen LogP contribution in [-0.4, -0.2) is 42.4 Å². The largest absolute Gasteiger partial charge is 0.452 e. The van der Waals surface area contributed by atoms with E-state index in [9.17, 15) is 19.2 Å². The van der Waals surface area contributed by atoms with Gasteiger partial charge in [0.15, 0.2) is 6.10 Å². The van der Waals surface area contributed by atoms with Gasteiger partial charge in [-0.1, -0.05) is 78.9 Å². The van der Waals surface area contributed by atoms with E-state index in [-0.39, 0.29) is 31.2 Å². The Morgan fingerprint density at radius 2 is 1.58 bits per heavy atom. The Bertz CT molecular complexity index is 1330. The lowest BCUT2D eigenvalue weighted by molar-refractivity contribution is -0.148. The number of fused-ring (bicyclic) bond motifs is 1. The van der Waals surface area contributed by atoms with Crippen LogP contribution in [0.2, 0.25) is 0 Å². The summed E-state index contributed by atoms with van der Waals surface area (Å²) in [6.07, 6.45) is -0.0190. The molecule has 2 aliphatic rings. The third kappa shape index (κ3) is 5.59. The minimum absolute atomic E-state index is 0.165. The molecule has 0 saturated carbocycles. The summed E-state index contributed by atoms with van der Waals surface area (Å²) in [5.41, 5.74) is 3.37. The molecule has 2 aliphatic heterocycles. The summed E-state index contributed by atoms with van der Waals surface area (Å²) in [6.45, 7) is 0.137. The second-order valence-corrected chi connectivity index (χ2v) is 9.54. The molecule has 3 aromatic carbocycles. The third-order valence-corrected chi connectivity index (χ3v) is 6.99. The smallest absolute Gasteiger partial charge is 0.306 e. The molecule has 0 aromatic heterocycles. The molecular formula is C30H29N3O5. The van der Waals surface area contributed by atoms with E-state index in [0.29, 0.717) is 18.7 Å². The summed E-state index contributed by atoms with van der Waals surface area (Å²) in [5.74, 6) is -2.03. The van der Waals surface area contributed by atoms with Crippen LogP contribution in [0.25, 0.3) is 0 Å². The first-order valence-electron chi connectivity index (χ1n) is 12.7. The SMILES string of the molecule is O=C(CN1C(=O)[C@H](NC(=O)[C@@H]2CCC(=O)O2)[C@H](c2ccccc2)Cc2ccccc21)NCc1ccccc1. The molecule has 8 heteroatoms. The van der Waals surface area contributed by atoms with E-state index in [0.717, 1.165) is 16.7 Å². The van der Waals surface area contributed by atoms with Crippen LogP contribution in [-0.2, 0) is 36.9 Å². The van der Waals surface area contributed by atoms with Gasteiger partial charge in [-0.3, -0.25) is 19.2 Å². The van der Waals surface area contributed by atoms with Crippen LogP contribution in [0.5, 0.6) is 0 Å². The molecule has 3 atom stereocenters. The molecule has 194 valence electrons. The van der Waals surface area contributed by atoms with Crippen LogP contribution in [0.1, 0.15) is 35.4 Å². The summed E-state index contributed by atoms with van der Waals surface area (Å²) in [4.78, 5) is 53.4. The van der Waals surface area contributed by atoms with Crippen molar-refractivity contribution in [1.29, 1.82) is 0 Å². The fourth-order valence-electron chi connectivity index (χ4n) is 5.05. The number of nitrogens with one attached hydrogen (secondary N) is 2. The predicted molar refractivity (Wildman–Crippen MR) is 141 cm³/mol. The zero-order valence-corrected chi connectivity index (χ0v) is 20.8. The highest BCUT2D eigenvalue weighted by atomic mass is 16.6. The van der Waals surface area contributed by atoms with Crippen LogP contribution >= 0.6 is 0 Å². The highest BCUT2D eigenvalue weighted by Gasteiger charge is 2.41. The van der Waals surface area contributed by atoms with Gasteiger partial charge in [-0.2, -0.15) is 0 Å². The maximum Gasteiger partial charge on any atom is 0.306 e. The quantitative estimate of drug-likeness (QED) is 0.475. The third-order valence-electron chi connectivity index (χ3n) is 6.99. The van der Waals surface area contributed by atoms with Gasteiger partial charge in [-0.25, -0.2) is 0 Å². The molecule has 2 heterocycles. The van der Waals surface area contributed by atoms with Crippen molar-refractivity contribution in [3.63, 3.8) is 0 Å². The summed E-state index contributed by atoms with van der Waals surface area (Å²) >= 11 is 0. The van der Waals surface area contributed by atoms with Gasteiger partial charge in [0.1, 0.15) is 12.6 Å². The Morgan fingerprint density at radius 3 is 2.29 bits per heavy atom. The summed E-state index contributed by atoms with van der Waals surface area (Å²) in [7, 11) is 0. The van der Waals surface area contributed by atoms with Gasteiger partial charge < -0.3 is 20.3 Å². The van der Waals surface area contributed by atoms with Gasteiger partial charge in [-0.05, 0) is 29.2 Å². The first-order valence-corrected chi connectivity index (χ1v) is 12.7. The van der Waals surface area contributed by atoms with E-state index in [1.165, 1.54) is 4.90 Å². The summed E-state index contributed by atoms with van der Waals surface area (Å²) in [6, 6.07) is 25.6. The number of nitrogens with zero attached hydrogens (tertiary/aromatic N) is 1. The number of para-hydroxylation sites is 1. The molecule has 0 aliphatic carbocycles. The van der Waals surface area contributed by atoms with E-state index in [4.69, 9.17) is 4.74 Å². The maximum absolute atomic E-state index is 14.1. The highest BCUT2D eigenvalue weighted by Crippen LogP contribution is 2.35. The van der Waals surface area contributed by atoms with Crippen LogP contribution in [0.4, 0.5) is 5.69 Å². The van der Waals surface area contributed by atoms with Crippen molar-refractivity contribution in [2.45, 2.75) is 43.9 Å². The maximum atomic E-state index is 14.1. The molecule has 3 amide bonds. The van der Waals surface area contributed by atoms with Crippen molar-refractivity contribution < 1.29 is 23.9 Å². The van der Waals surface area contributed by atoms with Crippen molar-refractivity contribution in [3.05, 3.63) is 102 Å². The predicted octanol–water partition coefficient (Wildman–Crippen LogP) is 2.87. The molecule has 0 unspecified atom stereocenters. The zero-order chi connectivity index (χ0) is 26.5. The minimum Gasteiger partial charge on any atom is -0.452 e. The molecule has 8 nitrogen and oxygen atoms in total. The normalized spacial score (nSPS) is 20.7. The number of hydrogen-bond donors (Lipinski definition) is 2. The lowest BCUT2D eigenvalue weighted by atomic mass is 9.86. The van der Waals surface area contributed by atoms with E-state index in [1.54, 1.807) is 0 Å². The number of rotatable bonds is 7. The molecule has 1 fully saturated rings. The number of cyclic esters (lactones) is 1. The Morgan fingerprint density at radius 1 is 0.895 bits per heavy atom. The fourth-order valence-corrected chi connectivity index (χ4v) is 5.05. The number of amides is 3. The van der Waals surface area contributed by atoms with Crippen LogP contribution in [0.15, 0.2) is 84.9 Å². The van der Waals surface area contributed by atoms with Gasteiger partial charge in [0.2, 0.25) is 5.91 Å². The molecule has 38 heavy (non-hydrogen) atoms. The van der Waals surface area contributed by atoms with E-state index in [1.807, 2.05) is 84.9 Å². The Hall–Kier alpha value is -4.46. The monoisotopic (exact) mass is 511 g/mol. The van der Waals surface area contributed by atoms with Gasteiger partial charge >= 0.3 is 5.97 Å². The highest BCUT2D eigenvalue weighted by molar-refractivity contribution is 6.05. The molecule has 0 bridgehead atoms. The van der Waals surface area contributed by atoms with Gasteiger partial charge in [0.25, 0.3) is 11.8 Å². The minimum atomic E-state index is -0.960. The van der Waals surface area contributed by atoms with Crippen molar-refractivity contribution >= 4 is 29.4 Å². The van der Waals surface area contributed by atoms with E-state index < -0.39 is 29.9 Å². The van der Waals surface area contributed by atoms with Gasteiger partial charge in [0.05, 0.1) is 0 Å². The summed E-state index contributed by atoms with van der Waals surface area (Å²) < 4.78 is 5.16. The number of ether oxygens (including phenoxy) is 1. The van der Waals surface area contributed by atoms with Crippen molar-refractivity contribution in [2.75, 3.05) is 11.4 Å². The molecule has 0 radical (unpaired) electrons. The van der Waals surface area contributed by atoms with E-state index in [2.05, 4.69) is 10.6 Å². The topological polar surface area (TPSA) is 105 Å². The molecule has 1 saturated heterocycles. The van der Waals surface area contributed by atoms with Gasteiger partial charge in [-0.15, -0.1) is 0 Å². The number of benzene rings is 3. The van der Waals surface area contributed by atoms with Crippen molar-refractivity contribution in [2.24, 2.45) is 0 Å². The average molecular weight is 512 g/mol. The number of hydrogen-bond acceptors (Lipinski definition) is 5. The second-order valence-electron chi connectivity index (χ2n) is 9.54. The zero-order valence-electron chi connectivity index (χ0n) is 20.8. The van der Waals surface area contributed by atoms with Crippen molar-refractivity contribution in [1.82, 2.24) is 10.6 Å². The molecule has 2 N–H and O–H groups in total. The Kier molecular flexibility index (Phi) is 7.49. The number of anilines is 1. The van der Waals surface area contributed by atoms with Crippen LogP contribution in [0, 0.1) is 0 Å². The van der Waals surface area contributed by atoms with Gasteiger partial charge in [0, 0.05) is 31.0 Å². The van der Waals surface area contributed by atoms with Crippen LogP contribution < -0.4 is 15.5 Å². The number of esters is 1.